The summed E-state index contributed by atoms with van der Waals surface area (Å²) < 4.78 is 5.37. The molecule has 1 aromatic rings. The molecule has 2 fully saturated rings. The summed E-state index contributed by atoms with van der Waals surface area (Å²) in [6.07, 6.45) is 4.09. The predicted octanol–water partition coefficient (Wildman–Crippen LogP) is 2.40. The van der Waals surface area contributed by atoms with Crippen molar-refractivity contribution in [1.29, 1.82) is 0 Å². The van der Waals surface area contributed by atoms with Gasteiger partial charge in [0.05, 0.1) is 0 Å². The van der Waals surface area contributed by atoms with Crippen molar-refractivity contribution in [2.75, 3.05) is 29.9 Å². The molecule has 4 heteroatoms. The number of hydrogen-bond acceptors (Lipinski definition) is 3. The molecule has 3 rings (SSSR count). The highest BCUT2D eigenvalue weighted by Gasteiger charge is 2.23. The summed E-state index contributed by atoms with van der Waals surface area (Å²) in [6, 6.07) is 8.11. The third kappa shape index (κ3) is 2.89. The number of ether oxygens (including phenoxy) is 1. The summed E-state index contributed by atoms with van der Waals surface area (Å²) >= 11 is 0. The first-order chi connectivity index (χ1) is 9.33. The number of rotatable bonds is 3. The molecule has 1 N–H and O–H groups in total. The van der Waals surface area contributed by atoms with E-state index in [2.05, 4.69) is 22.3 Å². The van der Waals surface area contributed by atoms with Crippen molar-refractivity contribution in [2.45, 2.75) is 31.8 Å². The Morgan fingerprint density at radius 3 is 2.53 bits per heavy atom. The molecule has 102 valence electrons. The van der Waals surface area contributed by atoms with Gasteiger partial charge in [0.1, 0.15) is 6.10 Å². The second-order valence-corrected chi connectivity index (χ2v) is 5.23. The summed E-state index contributed by atoms with van der Waals surface area (Å²) in [5.74, 6) is -0.0218. The molecule has 1 amide bonds. The molecule has 0 bridgehead atoms. The van der Waals surface area contributed by atoms with Crippen molar-refractivity contribution in [1.82, 2.24) is 0 Å². The summed E-state index contributed by atoms with van der Waals surface area (Å²) in [7, 11) is 0. The Morgan fingerprint density at radius 2 is 1.89 bits per heavy atom. The van der Waals surface area contributed by atoms with E-state index in [0.717, 1.165) is 31.6 Å². The van der Waals surface area contributed by atoms with Crippen LogP contribution in [-0.4, -0.2) is 31.7 Å². The van der Waals surface area contributed by atoms with Crippen LogP contribution < -0.4 is 10.2 Å². The molecule has 2 aliphatic heterocycles. The molecule has 1 aromatic carbocycles. The number of nitrogens with one attached hydrogen (secondary N) is 1. The minimum Gasteiger partial charge on any atom is -0.372 e. The van der Waals surface area contributed by atoms with Crippen LogP contribution in [0.2, 0.25) is 0 Å². The molecular formula is C15H20N2O2. The van der Waals surface area contributed by atoms with Gasteiger partial charge in [0.2, 0.25) is 0 Å². The minimum absolute atomic E-state index is 0.0218. The Kier molecular flexibility index (Phi) is 3.69. The number of nitrogens with zero attached hydrogens (tertiary/aromatic N) is 1. The zero-order chi connectivity index (χ0) is 13.1. The average molecular weight is 260 g/mol. The van der Waals surface area contributed by atoms with Gasteiger partial charge in [-0.1, -0.05) is 0 Å². The molecule has 19 heavy (non-hydrogen) atoms. The normalized spacial score (nSPS) is 22.7. The highest BCUT2D eigenvalue weighted by Crippen LogP contribution is 2.22. The Labute approximate surface area is 113 Å². The predicted molar refractivity (Wildman–Crippen MR) is 75.5 cm³/mol. The Morgan fingerprint density at radius 1 is 1.16 bits per heavy atom. The second-order valence-electron chi connectivity index (χ2n) is 5.23. The van der Waals surface area contributed by atoms with Crippen LogP contribution in [-0.2, 0) is 9.53 Å². The van der Waals surface area contributed by atoms with Crippen molar-refractivity contribution in [3.05, 3.63) is 24.3 Å². The Bertz CT molecular complexity index is 432. The standard InChI is InChI=1S/C15H20N2O2/c18-15(14-4-3-11-19-14)16-12-5-7-13(8-6-12)17-9-1-2-10-17/h5-8,14H,1-4,9-11H2,(H,16,18)/t14-/m1/s1. The first-order valence-electron chi connectivity index (χ1n) is 7.10. The van der Waals surface area contributed by atoms with Crippen LogP contribution in [0.15, 0.2) is 24.3 Å². The molecule has 0 spiro atoms. The largest absolute Gasteiger partial charge is 0.372 e. The fourth-order valence-electron chi connectivity index (χ4n) is 2.74. The van der Waals surface area contributed by atoms with E-state index in [1.807, 2.05) is 12.1 Å². The number of carbonyl (C=O) groups is 1. The second kappa shape index (κ2) is 5.61. The molecule has 0 aliphatic carbocycles. The van der Waals surface area contributed by atoms with Crippen LogP contribution in [0.5, 0.6) is 0 Å². The van der Waals surface area contributed by atoms with Gasteiger partial charge in [-0.15, -0.1) is 0 Å². The van der Waals surface area contributed by atoms with E-state index in [-0.39, 0.29) is 12.0 Å². The topological polar surface area (TPSA) is 41.6 Å². The number of hydrogen-bond donors (Lipinski definition) is 1. The Balaban J connectivity index is 1.60. The van der Waals surface area contributed by atoms with Gasteiger partial charge >= 0.3 is 0 Å². The number of anilines is 2. The summed E-state index contributed by atoms with van der Waals surface area (Å²) in [5, 5.41) is 2.92. The molecule has 4 nitrogen and oxygen atoms in total. The van der Waals surface area contributed by atoms with Crippen LogP contribution in [0.1, 0.15) is 25.7 Å². The maximum Gasteiger partial charge on any atom is 0.253 e. The summed E-state index contributed by atoms with van der Waals surface area (Å²) in [4.78, 5) is 14.3. The van der Waals surface area contributed by atoms with E-state index in [1.165, 1.54) is 18.5 Å². The van der Waals surface area contributed by atoms with E-state index in [9.17, 15) is 4.79 Å². The quantitative estimate of drug-likeness (QED) is 0.907. The lowest BCUT2D eigenvalue weighted by molar-refractivity contribution is -0.124. The van der Waals surface area contributed by atoms with Crippen LogP contribution >= 0.6 is 0 Å². The van der Waals surface area contributed by atoms with Crippen LogP contribution in [0.4, 0.5) is 11.4 Å². The summed E-state index contributed by atoms with van der Waals surface area (Å²) in [6.45, 7) is 2.98. The van der Waals surface area contributed by atoms with E-state index in [0.29, 0.717) is 6.61 Å². The SMILES string of the molecule is O=C(Nc1ccc(N2CCCC2)cc1)[C@H]1CCCO1. The van der Waals surface area contributed by atoms with Crippen molar-refractivity contribution in [2.24, 2.45) is 0 Å². The first kappa shape index (κ1) is 12.5. The van der Waals surface area contributed by atoms with Crippen LogP contribution in [0, 0.1) is 0 Å². The van der Waals surface area contributed by atoms with Crippen LogP contribution in [0.3, 0.4) is 0 Å². The van der Waals surface area contributed by atoms with E-state index in [4.69, 9.17) is 4.74 Å². The highest BCUT2D eigenvalue weighted by molar-refractivity contribution is 5.94. The van der Waals surface area contributed by atoms with Gasteiger partial charge in [0.15, 0.2) is 0 Å². The summed E-state index contributed by atoms with van der Waals surface area (Å²) in [5.41, 5.74) is 2.09. The smallest absolute Gasteiger partial charge is 0.253 e. The molecule has 0 saturated carbocycles. The Hall–Kier alpha value is -1.55. The maximum atomic E-state index is 11.9. The molecule has 1 atom stereocenters. The molecule has 2 saturated heterocycles. The molecular weight excluding hydrogens is 240 g/mol. The van der Waals surface area contributed by atoms with Gasteiger partial charge in [-0.05, 0) is 49.9 Å². The maximum absolute atomic E-state index is 11.9. The van der Waals surface area contributed by atoms with Crippen molar-refractivity contribution < 1.29 is 9.53 Å². The minimum atomic E-state index is -0.266. The fraction of sp³-hybridized carbons (Fsp3) is 0.533. The van der Waals surface area contributed by atoms with Gasteiger partial charge in [-0.3, -0.25) is 4.79 Å². The van der Waals surface area contributed by atoms with Gasteiger partial charge in [0.25, 0.3) is 5.91 Å². The van der Waals surface area contributed by atoms with E-state index in [1.54, 1.807) is 0 Å². The first-order valence-corrected chi connectivity index (χ1v) is 7.10. The van der Waals surface area contributed by atoms with Gasteiger partial charge in [0, 0.05) is 31.1 Å². The van der Waals surface area contributed by atoms with Crippen molar-refractivity contribution in [3.63, 3.8) is 0 Å². The zero-order valence-electron chi connectivity index (χ0n) is 11.1. The molecule has 0 radical (unpaired) electrons. The zero-order valence-corrected chi connectivity index (χ0v) is 11.1. The lowest BCUT2D eigenvalue weighted by Gasteiger charge is -2.18. The van der Waals surface area contributed by atoms with Gasteiger partial charge in [-0.2, -0.15) is 0 Å². The van der Waals surface area contributed by atoms with Crippen LogP contribution in [0.25, 0.3) is 0 Å². The third-order valence-electron chi connectivity index (χ3n) is 3.83. The monoisotopic (exact) mass is 260 g/mol. The number of amides is 1. The van der Waals surface area contributed by atoms with E-state index >= 15 is 0 Å². The van der Waals surface area contributed by atoms with E-state index < -0.39 is 0 Å². The molecule has 0 unspecified atom stereocenters. The van der Waals surface area contributed by atoms with Gasteiger partial charge in [-0.25, -0.2) is 0 Å². The lowest BCUT2D eigenvalue weighted by atomic mass is 10.2. The van der Waals surface area contributed by atoms with Gasteiger partial charge < -0.3 is 15.0 Å². The number of benzene rings is 1. The molecule has 2 aliphatic rings. The molecule has 2 heterocycles. The van der Waals surface area contributed by atoms with Crippen molar-refractivity contribution >= 4 is 17.3 Å². The molecule has 0 aromatic heterocycles. The number of carbonyl (C=O) groups excluding carboxylic acids is 1. The fourth-order valence-corrected chi connectivity index (χ4v) is 2.74. The average Bonchev–Trinajstić information content (AvgIpc) is 3.13. The third-order valence-corrected chi connectivity index (χ3v) is 3.83. The lowest BCUT2D eigenvalue weighted by Crippen LogP contribution is -2.26. The van der Waals surface area contributed by atoms with Crippen molar-refractivity contribution in [3.8, 4) is 0 Å². The highest BCUT2D eigenvalue weighted by atomic mass is 16.5.